The number of nitrogens with zero attached hydrogens (tertiary/aromatic N) is 2. The number of hydrogen-bond acceptors (Lipinski definition) is 4. The summed E-state index contributed by atoms with van der Waals surface area (Å²) in [6, 6.07) is 11.3. The van der Waals surface area contributed by atoms with Crippen LogP contribution in [0.15, 0.2) is 42.5 Å². The molecule has 2 aromatic carbocycles. The van der Waals surface area contributed by atoms with E-state index in [0.29, 0.717) is 29.9 Å². The number of amides is 3. The van der Waals surface area contributed by atoms with Crippen molar-refractivity contribution in [3.8, 4) is 11.5 Å². The van der Waals surface area contributed by atoms with Crippen molar-refractivity contribution in [3.05, 3.63) is 53.6 Å². The molecular weight excluding hydrogens is 396 g/mol. The van der Waals surface area contributed by atoms with Gasteiger partial charge in [0.05, 0.1) is 6.61 Å². The van der Waals surface area contributed by atoms with E-state index in [0.717, 1.165) is 0 Å². The Labute approximate surface area is 173 Å². The molecule has 0 atom stereocenters. The maximum atomic E-state index is 12.9. The number of anilines is 1. The predicted octanol–water partition coefficient (Wildman–Crippen LogP) is 3.49. The highest BCUT2D eigenvalue weighted by Crippen LogP contribution is 2.30. The van der Waals surface area contributed by atoms with Crippen LogP contribution in [0.4, 0.5) is 19.3 Å². The number of hydrogen-bond donors (Lipinski definition) is 1. The van der Waals surface area contributed by atoms with Crippen LogP contribution < -0.4 is 19.7 Å². The van der Waals surface area contributed by atoms with E-state index in [2.05, 4.69) is 10.1 Å². The SMILES string of the molecule is CCOc1cc(CN(C)C(=O)c2cccc(N3CCNC3=O)c2)ccc1OC(F)F. The van der Waals surface area contributed by atoms with Gasteiger partial charge in [-0.3, -0.25) is 9.69 Å². The lowest BCUT2D eigenvalue weighted by molar-refractivity contribution is -0.0514. The zero-order valence-corrected chi connectivity index (χ0v) is 16.7. The molecule has 1 aliphatic rings. The number of benzene rings is 2. The van der Waals surface area contributed by atoms with E-state index in [4.69, 9.17) is 4.74 Å². The Morgan fingerprint density at radius 1 is 1.23 bits per heavy atom. The molecule has 9 heteroatoms. The highest BCUT2D eigenvalue weighted by atomic mass is 19.3. The number of carbonyl (C=O) groups excluding carboxylic acids is 2. The molecule has 0 unspecified atom stereocenters. The van der Waals surface area contributed by atoms with E-state index in [1.54, 1.807) is 55.3 Å². The summed E-state index contributed by atoms with van der Waals surface area (Å²) in [6.45, 7) is 0.410. The van der Waals surface area contributed by atoms with Crippen molar-refractivity contribution in [2.75, 3.05) is 31.6 Å². The molecule has 0 bridgehead atoms. The van der Waals surface area contributed by atoms with Gasteiger partial charge in [0.1, 0.15) is 0 Å². The zero-order chi connectivity index (χ0) is 21.7. The van der Waals surface area contributed by atoms with Gasteiger partial charge in [0, 0.05) is 37.9 Å². The van der Waals surface area contributed by atoms with Crippen molar-refractivity contribution in [3.63, 3.8) is 0 Å². The number of nitrogens with one attached hydrogen (secondary N) is 1. The highest BCUT2D eigenvalue weighted by molar-refractivity contribution is 5.98. The fourth-order valence-electron chi connectivity index (χ4n) is 3.20. The molecule has 1 fully saturated rings. The van der Waals surface area contributed by atoms with Crippen LogP contribution in [0, 0.1) is 0 Å². The summed E-state index contributed by atoms with van der Waals surface area (Å²) in [5, 5.41) is 2.73. The Hall–Kier alpha value is -3.36. The molecule has 0 saturated carbocycles. The number of urea groups is 1. The Morgan fingerprint density at radius 3 is 2.70 bits per heavy atom. The van der Waals surface area contributed by atoms with Crippen LogP contribution in [0.2, 0.25) is 0 Å². The fourth-order valence-corrected chi connectivity index (χ4v) is 3.20. The first-order valence-electron chi connectivity index (χ1n) is 9.50. The average molecular weight is 419 g/mol. The molecule has 1 heterocycles. The van der Waals surface area contributed by atoms with Crippen molar-refractivity contribution in [1.29, 1.82) is 0 Å². The first kappa shape index (κ1) is 21.4. The smallest absolute Gasteiger partial charge is 0.387 e. The third kappa shape index (κ3) is 4.97. The zero-order valence-electron chi connectivity index (χ0n) is 16.7. The molecule has 1 aliphatic heterocycles. The molecule has 1 N–H and O–H groups in total. The molecule has 0 radical (unpaired) electrons. The van der Waals surface area contributed by atoms with E-state index in [1.807, 2.05) is 0 Å². The van der Waals surface area contributed by atoms with Crippen molar-refractivity contribution < 1.29 is 27.8 Å². The minimum absolute atomic E-state index is 0.0545. The molecule has 3 amide bonds. The van der Waals surface area contributed by atoms with E-state index >= 15 is 0 Å². The number of rotatable bonds is 8. The molecule has 30 heavy (non-hydrogen) atoms. The summed E-state index contributed by atoms with van der Waals surface area (Å²) < 4.78 is 35.0. The Bertz CT molecular complexity index is 923. The fraction of sp³-hybridized carbons (Fsp3) is 0.333. The van der Waals surface area contributed by atoms with Gasteiger partial charge in [-0.2, -0.15) is 8.78 Å². The highest BCUT2D eigenvalue weighted by Gasteiger charge is 2.22. The molecule has 1 saturated heterocycles. The van der Waals surface area contributed by atoms with E-state index in [9.17, 15) is 18.4 Å². The Kier molecular flexibility index (Phi) is 6.71. The summed E-state index contributed by atoms with van der Waals surface area (Å²) >= 11 is 0. The maximum absolute atomic E-state index is 12.9. The van der Waals surface area contributed by atoms with Gasteiger partial charge in [0.15, 0.2) is 11.5 Å². The first-order valence-corrected chi connectivity index (χ1v) is 9.50. The van der Waals surface area contributed by atoms with E-state index in [-0.39, 0.29) is 36.6 Å². The number of alkyl halides is 2. The molecule has 0 aromatic heterocycles. The van der Waals surface area contributed by atoms with Crippen LogP contribution >= 0.6 is 0 Å². The third-order valence-corrected chi connectivity index (χ3v) is 4.55. The minimum atomic E-state index is -2.95. The maximum Gasteiger partial charge on any atom is 0.387 e. The molecule has 2 aromatic rings. The van der Waals surface area contributed by atoms with Gasteiger partial charge in [-0.15, -0.1) is 0 Å². The second-order valence-corrected chi connectivity index (χ2v) is 6.69. The van der Waals surface area contributed by atoms with E-state index < -0.39 is 6.61 Å². The van der Waals surface area contributed by atoms with Crippen molar-refractivity contribution in [1.82, 2.24) is 10.2 Å². The molecule has 0 spiro atoms. The number of halogens is 2. The molecule has 7 nitrogen and oxygen atoms in total. The summed E-state index contributed by atoms with van der Waals surface area (Å²) in [5.74, 6) is -0.0957. The molecule has 3 rings (SSSR count). The van der Waals surface area contributed by atoms with Crippen LogP contribution in [0.3, 0.4) is 0 Å². The van der Waals surface area contributed by atoms with Gasteiger partial charge in [-0.1, -0.05) is 12.1 Å². The Morgan fingerprint density at radius 2 is 2.03 bits per heavy atom. The van der Waals surface area contributed by atoms with Gasteiger partial charge in [0.25, 0.3) is 5.91 Å². The lowest BCUT2D eigenvalue weighted by Crippen LogP contribution is -2.29. The summed E-state index contributed by atoms with van der Waals surface area (Å²) in [6.07, 6.45) is 0. The molecule has 160 valence electrons. The molecular formula is C21H23F2N3O4. The summed E-state index contributed by atoms with van der Waals surface area (Å²) in [4.78, 5) is 27.8. The predicted molar refractivity (Wildman–Crippen MR) is 107 cm³/mol. The second-order valence-electron chi connectivity index (χ2n) is 6.69. The molecule has 0 aliphatic carbocycles. The summed E-state index contributed by atoms with van der Waals surface area (Å²) in [7, 11) is 1.64. The quantitative estimate of drug-likeness (QED) is 0.711. The van der Waals surface area contributed by atoms with Crippen molar-refractivity contribution >= 4 is 17.6 Å². The standard InChI is InChI=1S/C21H23F2N3O4/c1-3-29-18-11-14(7-8-17(18)30-20(22)23)13-25(2)19(27)15-5-4-6-16(12-15)26-10-9-24-21(26)28/h4-8,11-12,20H,3,9-10,13H2,1-2H3,(H,24,28). The van der Waals surface area contributed by atoms with Crippen LogP contribution in [-0.4, -0.2) is 50.2 Å². The van der Waals surface area contributed by atoms with Gasteiger partial charge < -0.3 is 19.7 Å². The van der Waals surface area contributed by atoms with Gasteiger partial charge >= 0.3 is 12.6 Å². The van der Waals surface area contributed by atoms with Crippen LogP contribution in [0.25, 0.3) is 0 Å². The van der Waals surface area contributed by atoms with Gasteiger partial charge in [-0.05, 0) is 42.8 Å². The second kappa shape index (κ2) is 9.43. The van der Waals surface area contributed by atoms with Crippen molar-refractivity contribution in [2.45, 2.75) is 20.1 Å². The Balaban J connectivity index is 1.74. The van der Waals surface area contributed by atoms with E-state index in [1.165, 1.54) is 11.0 Å². The third-order valence-electron chi connectivity index (χ3n) is 4.55. The monoisotopic (exact) mass is 419 g/mol. The van der Waals surface area contributed by atoms with Gasteiger partial charge in [-0.25, -0.2) is 4.79 Å². The van der Waals surface area contributed by atoms with Gasteiger partial charge in [0.2, 0.25) is 0 Å². The van der Waals surface area contributed by atoms with Crippen LogP contribution in [0.1, 0.15) is 22.8 Å². The lowest BCUT2D eigenvalue weighted by atomic mass is 10.1. The summed E-state index contributed by atoms with van der Waals surface area (Å²) in [5.41, 5.74) is 1.79. The van der Waals surface area contributed by atoms with Crippen LogP contribution in [-0.2, 0) is 6.54 Å². The largest absolute Gasteiger partial charge is 0.490 e. The lowest BCUT2D eigenvalue weighted by Gasteiger charge is -2.20. The number of carbonyl (C=O) groups is 2. The minimum Gasteiger partial charge on any atom is -0.490 e. The number of ether oxygens (including phenoxy) is 2. The topological polar surface area (TPSA) is 71.1 Å². The van der Waals surface area contributed by atoms with Crippen molar-refractivity contribution in [2.24, 2.45) is 0 Å². The average Bonchev–Trinajstić information content (AvgIpc) is 3.15. The first-order chi connectivity index (χ1) is 14.4. The normalized spacial score (nSPS) is 13.4. The van der Waals surface area contributed by atoms with Crippen LogP contribution in [0.5, 0.6) is 11.5 Å².